The Morgan fingerprint density at radius 2 is 1.87 bits per heavy atom. The first-order valence-electron chi connectivity index (χ1n) is 12.0. The summed E-state index contributed by atoms with van der Waals surface area (Å²) in [6.07, 6.45) is -2.52. The zero-order valence-electron chi connectivity index (χ0n) is 20.6. The summed E-state index contributed by atoms with van der Waals surface area (Å²) in [5, 5.41) is 18.5. The van der Waals surface area contributed by atoms with Gasteiger partial charge < -0.3 is 15.2 Å². The van der Waals surface area contributed by atoms with E-state index >= 15 is 0 Å². The molecule has 11 heteroatoms. The van der Waals surface area contributed by atoms with Gasteiger partial charge in [-0.2, -0.15) is 22.7 Å². The first kappa shape index (κ1) is 25.9. The number of nitrogens with zero attached hydrogens (tertiary/aromatic N) is 3. The van der Waals surface area contributed by atoms with E-state index in [-0.39, 0.29) is 5.56 Å². The third-order valence-corrected chi connectivity index (χ3v) is 6.88. The van der Waals surface area contributed by atoms with Gasteiger partial charge in [0.05, 0.1) is 36.7 Å². The highest BCUT2D eigenvalue weighted by atomic mass is 19.4. The lowest BCUT2D eigenvalue weighted by molar-refractivity contribution is -0.260. The van der Waals surface area contributed by atoms with Crippen LogP contribution in [-0.4, -0.2) is 44.8 Å². The van der Waals surface area contributed by atoms with Crippen molar-refractivity contribution in [3.05, 3.63) is 77.8 Å². The van der Waals surface area contributed by atoms with E-state index in [1.54, 1.807) is 18.2 Å². The van der Waals surface area contributed by atoms with Crippen LogP contribution in [0.2, 0.25) is 0 Å². The Bertz CT molecular complexity index is 1480. The highest BCUT2D eigenvalue weighted by Crippen LogP contribution is 2.46. The predicted octanol–water partition coefficient (Wildman–Crippen LogP) is 5.71. The summed E-state index contributed by atoms with van der Waals surface area (Å²) in [5.74, 6) is -0.843. The topological polar surface area (TPSA) is 72.2 Å². The zero-order chi connectivity index (χ0) is 27.3. The molecule has 0 fully saturated rings. The largest absolute Gasteiger partial charge is 0.493 e. The average Bonchev–Trinajstić information content (AvgIpc) is 3.49. The van der Waals surface area contributed by atoms with Crippen LogP contribution in [0.15, 0.2) is 54.9 Å². The number of nitrogens with one attached hydrogen (secondary N) is 1. The molecular weight excluding hydrogens is 507 g/mol. The van der Waals surface area contributed by atoms with Crippen LogP contribution < -0.4 is 10.1 Å². The fourth-order valence-electron chi connectivity index (χ4n) is 5.01. The van der Waals surface area contributed by atoms with Gasteiger partial charge in [-0.15, -0.1) is 0 Å². The maximum Gasteiger partial charge on any atom is 0.418 e. The first-order chi connectivity index (χ1) is 17.9. The molecule has 1 aliphatic rings. The number of fused-ring (bicyclic) bond motifs is 2. The number of pyridine rings is 1. The number of aliphatic hydroxyl groups is 1. The maximum atomic E-state index is 14.3. The number of hydrogen-bond acceptors (Lipinski definition) is 5. The molecule has 0 radical (unpaired) electrons. The molecule has 0 saturated heterocycles. The van der Waals surface area contributed by atoms with Gasteiger partial charge in [0.2, 0.25) is 5.95 Å². The fraction of sp³-hybridized carbons (Fsp3) is 0.333. The smallest absolute Gasteiger partial charge is 0.418 e. The maximum absolute atomic E-state index is 14.3. The number of rotatable bonds is 7. The molecule has 6 nitrogen and oxygen atoms in total. The standard InChI is InChI=1S/C27H25F5N4O2/c1-25(2,20-11-17(28)10-16-8-9-38-24(16)20)14-26(37,27(30,31)32)15-34-21-4-3-5-22-19(21)13-35-36(22)18-6-7-23(29)33-12-18/h3-7,10-13,34,37H,8-9,14-15H2,1-2H3. The summed E-state index contributed by atoms with van der Waals surface area (Å²) in [5.41, 5.74) is -2.23. The van der Waals surface area contributed by atoms with Crippen LogP contribution in [0, 0.1) is 11.8 Å². The Labute approximate surface area is 215 Å². The molecule has 4 aromatic rings. The van der Waals surface area contributed by atoms with Crippen LogP contribution in [0.3, 0.4) is 0 Å². The Morgan fingerprint density at radius 1 is 1.08 bits per heavy atom. The van der Waals surface area contributed by atoms with Gasteiger partial charge in [-0.1, -0.05) is 19.9 Å². The van der Waals surface area contributed by atoms with Gasteiger partial charge in [0.25, 0.3) is 0 Å². The number of ether oxygens (including phenoxy) is 1. The Kier molecular flexibility index (Phi) is 6.29. The molecule has 5 rings (SSSR count). The lowest BCUT2D eigenvalue weighted by atomic mass is 9.74. The summed E-state index contributed by atoms with van der Waals surface area (Å²) < 4.78 is 77.6. The van der Waals surface area contributed by atoms with Crippen LogP contribution in [0.25, 0.3) is 16.6 Å². The van der Waals surface area contributed by atoms with Crippen molar-refractivity contribution in [1.82, 2.24) is 14.8 Å². The summed E-state index contributed by atoms with van der Waals surface area (Å²) in [7, 11) is 0. The number of halogens is 5. The summed E-state index contributed by atoms with van der Waals surface area (Å²) in [6, 6.07) is 10.1. The average molecular weight is 533 g/mol. The van der Waals surface area contributed by atoms with Crippen molar-refractivity contribution in [3.8, 4) is 11.4 Å². The van der Waals surface area contributed by atoms with E-state index in [0.717, 1.165) is 0 Å². The lowest BCUT2D eigenvalue weighted by Gasteiger charge is -2.38. The van der Waals surface area contributed by atoms with E-state index in [1.807, 2.05) is 0 Å². The minimum Gasteiger partial charge on any atom is -0.493 e. The number of anilines is 1. The van der Waals surface area contributed by atoms with Gasteiger partial charge in [0.15, 0.2) is 5.60 Å². The van der Waals surface area contributed by atoms with Crippen molar-refractivity contribution in [2.24, 2.45) is 0 Å². The second-order valence-corrected chi connectivity index (χ2v) is 10.1. The molecule has 2 N–H and O–H groups in total. The fourth-order valence-corrected chi connectivity index (χ4v) is 5.01. The number of hydrogen-bond donors (Lipinski definition) is 2. The summed E-state index contributed by atoms with van der Waals surface area (Å²) in [6.45, 7) is 2.52. The van der Waals surface area contributed by atoms with Crippen LogP contribution in [0.1, 0.15) is 31.4 Å². The molecule has 0 amide bonds. The lowest BCUT2D eigenvalue weighted by Crippen LogP contribution is -2.53. The van der Waals surface area contributed by atoms with Crippen molar-refractivity contribution >= 4 is 16.6 Å². The van der Waals surface area contributed by atoms with Crippen molar-refractivity contribution in [3.63, 3.8) is 0 Å². The number of aromatic nitrogens is 3. The molecule has 3 heterocycles. The molecule has 0 aliphatic carbocycles. The molecule has 200 valence electrons. The Balaban J connectivity index is 1.44. The van der Waals surface area contributed by atoms with Crippen molar-refractivity contribution in [1.29, 1.82) is 0 Å². The van der Waals surface area contributed by atoms with Crippen molar-refractivity contribution < 1.29 is 31.8 Å². The molecular formula is C27H25F5N4O2. The molecule has 1 aliphatic heterocycles. The highest BCUT2D eigenvalue weighted by molar-refractivity contribution is 5.92. The minimum absolute atomic E-state index is 0.281. The third kappa shape index (κ3) is 4.66. The van der Waals surface area contributed by atoms with E-state index < -0.39 is 41.9 Å². The van der Waals surface area contributed by atoms with E-state index in [1.165, 1.54) is 55.2 Å². The van der Waals surface area contributed by atoms with Crippen LogP contribution in [0.4, 0.5) is 27.6 Å². The summed E-state index contributed by atoms with van der Waals surface area (Å²) >= 11 is 0. The quantitative estimate of drug-likeness (QED) is 0.236. The van der Waals surface area contributed by atoms with E-state index in [9.17, 15) is 27.1 Å². The molecule has 38 heavy (non-hydrogen) atoms. The zero-order valence-corrected chi connectivity index (χ0v) is 20.6. The van der Waals surface area contributed by atoms with Gasteiger partial charge in [0.1, 0.15) is 11.6 Å². The Hall–Kier alpha value is -3.73. The Morgan fingerprint density at radius 3 is 2.58 bits per heavy atom. The molecule has 2 aromatic carbocycles. The minimum atomic E-state index is -4.99. The third-order valence-electron chi connectivity index (χ3n) is 6.88. The molecule has 1 unspecified atom stereocenters. The summed E-state index contributed by atoms with van der Waals surface area (Å²) in [4.78, 5) is 3.61. The van der Waals surface area contributed by atoms with Gasteiger partial charge in [-0.05, 0) is 48.2 Å². The number of alkyl halides is 3. The van der Waals surface area contributed by atoms with Gasteiger partial charge in [-0.25, -0.2) is 14.1 Å². The second-order valence-electron chi connectivity index (χ2n) is 10.1. The normalized spacial score (nSPS) is 15.3. The van der Waals surface area contributed by atoms with E-state index in [0.29, 0.717) is 46.6 Å². The highest BCUT2D eigenvalue weighted by Gasteiger charge is 2.56. The predicted molar refractivity (Wildman–Crippen MR) is 132 cm³/mol. The molecule has 2 aromatic heterocycles. The molecule has 0 bridgehead atoms. The van der Waals surface area contributed by atoms with Crippen molar-refractivity contribution in [2.75, 3.05) is 18.5 Å². The number of benzene rings is 2. The van der Waals surface area contributed by atoms with Crippen LogP contribution in [0.5, 0.6) is 5.75 Å². The van der Waals surface area contributed by atoms with E-state index in [4.69, 9.17) is 4.74 Å². The monoisotopic (exact) mass is 532 g/mol. The second kappa shape index (κ2) is 9.23. The van der Waals surface area contributed by atoms with Gasteiger partial charge >= 0.3 is 6.18 Å². The molecule has 0 spiro atoms. The van der Waals surface area contributed by atoms with Crippen LogP contribution in [-0.2, 0) is 11.8 Å². The van der Waals surface area contributed by atoms with E-state index in [2.05, 4.69) is 15.4 Å². The molecule has 1 atom stereocenters. The SMILES string of the molecule is CC(C)(CC(O)(CNc1cccc2c1cnn2-c1ccc(F)nc1)C(F)(F)F)c1cc(F)cc2c1OCC2. The van der Waals surface area contributed by atoms with Crippen LogP contribution >= 0.6 is 0 Å². The van der Waals surface area contributed by atoms with Crippen molar-refractivity contribution in [2.45, 2.75) is 43.9 Å². The van der Waals surface area contributed by atoms with Gasteiger partial charge in [0, 0.05) is 28.6 Å². The first-order valence-corrected chi connectivity index (χ1v) is 12.0. The van der Waals surface area contributed by atoms with Gasteiger partial charge in [-0.3, -0.25) is 0 Å². The molecule has 0 saturated carbocycles.